The van der Waals surface area contributed by atoms with Gasteiger partial charge in [-0.1, -0.05) is 30.3 Å². The third-order valence-electron chi connectivity index (χ3n) is 1.59. The van der Waals surface area contributed by atoms with Crippen LogP contribution in [0.2, 0.25) is 5.15 Å². The van der Waals surface area contributed by atoms with Crippen LogP contribution in [0.25, 0.3) is 0 Å². The molecule has 0 spiro atoms. The van der Waals surface area contributed by atoms with E-state index in [4.69, 9.17) is 11.6 Å². The van der Waals surface area contributed by atoms with E-state index in [1.807, 2.05) is 6.92 Å². The van der Waals surface area contributed by atoms with Gasteiger partial charge in [-0.25, -0.2) is 0 Å². The van der Waals surface area contributed by atoms with Crippen molar-refractivity contribution in [3.05, 3.63) is 17.3 Å². The first-order valence-electron chi connectivity index (χ1n) is 3.93. The zero-order valence-corrected chi connectivity index (χ0v) is 9.01. The predicted molar refractivity (Wildman–Crippen MR) is 54.0 cm³/mol. The molecule has 0 radical (unpaired) electrons. The molecule has 13 heavy (non-hydrogen) atoms. The third kappa shape index (κ3) is 3.50. The van der Waals surface area contributed by atoms with Crippen molar-refractivity contribution in [3.63, 3.8) is 0 Å². The Kier molecular flexibility index (Phi) is 3.96. The van der Waals surface area contributed by atoms with Gasteiger partial charge in [0, 0.05) is 5.25 Å². The number of nitrogens with zero attached hydrogens (tertiary/aromatic N) is 2. The standard InChI is InChI=1S/C8H11ClN2OS/c1-5(12)6(2)13-8-4-3-7(9)10-11-8/h3-6,12H,1-2H3. The Hall–Kier alpha value is -0.320. The average molecular weight is 219 g/mol. The summed E-state index contributed by atoms with van der Waals surface area (Å²) in [7, 11) is 0. The molecule has 1 heterocycles. The molecule has 0 saturated carbocycles. The maximum atomic E-state index is 9.24. The summed E-state index contributed by atoms with van der Waals surface area (Å²) in [6, 6.07) is 3.48. The van der Waals surface area contributed by atoms with Crippen LogP contribution in [0, 0.1) is 0 Å². The van der Waals surface area contributed by atoms with E-state index in [0.29, 0.717) is 5.15 Å². The lowest BCUT2D eigenvalue weighted by atomic mass is 10.3. The molecule has 5 heteroatoms. The first kappa shape index (κ1) is 10.8. The van der Waals surface area contributed by atoms with Crippen LogP contribution in [-0.4, -0.2) is 26.7 Å². The molecule has 0 aliphatic heterocycles. The van der Waals surface area contributed by atoms with Crippen molar-refractivity contribution in [2.45, 2.75) is 30.2 Å². The van der Waals surface area contributed by atoms with Gasteiger partial charge < -0.3 is 5.11 Å². The third-order valence-corrected chi connectivity index (χ3v) is 3.02. The zero-order chi connectivity index (χ0) is 9.84. The highest BCUT2D eigenvalue weighted by Crippen LogP contribution is 2.22. The quantitative estimate of drug-likeness (QED) is 0.789. The molecule has 1 N–H and O–H groups in total. The number of aromatic nitrogens is 2. The normalized spacial score (nSPS) is 15.4. The van der Waals surface area contributed by atoms with Gasteiger partial charge in [-0.3, -0.25) is 0 Å². The molecule has 72 valence electrons. The topological polar surface area (TPSA) is 46.0 Å². The summed E-state index contributed by atoms with van der Waals surface area (Å²) in [5, 5.41) is 18.1. The SMILES string of the molecule is CC(O)C(C)Sc1ccc(Cl)nn1. The van der Waals surface area contributed by atoms with Gasteiger partial charge in [-0.15, -0.1) is 10.2 Å². The van der Waals surface area contributed by atoms with E-state index in [-0.39, 0.29) is 11.4 Å². The summed E-state index contributed by atoms with van der Waals surface area (Å²) >= 11 is 7.06. The second-order valence-electron chi connectivity index (χ2n) is 2.76. The Morgan fingerprint density at radius 2 is 2.08 bits per heavy atom. The molecule has 0 bridgehead atoms. The average Bonchev–Trinajstić information content (AvgIpc) is 2.08. The van der Waals surface area contributed by atoms with E-state index < -0.39 is 0 Å². The minimum Gasteiger partial charge on any atom is -0.392 e. The molecule has 0 saturated heterocycles. The number of hydrogen-bond donors (Lipinski definition) is 1. The van der Waals surface area contributed by atoms with Crippen molar-refractivity contribution >= 4 is 23.4 Å². The maximum Gasteiger partial charge on any atom is 0.151 e. The minimum atomic E-state index is -0.359. The Morgan fingerprint density at radius 1 is 1.38 bits per heavy atom. The van der Waals surface area contributed by atoms with Gasteiger partial charge in [0.1, 0.15) is 5.03 Å². The number of aliphatic hydroxyl groups is 1. The maximum absolute atomic E-state index is 9.24. The van der Waals surface area contributed by atoms with Gasteiger partial charge >= 0.3 is 0 Å². The molecule has 2 unspecified atom stereocenters. The number of hydrogen-bond acceptors (Lipinski definition) is 4. The van der Waals surface area contributed by atoms with Crippen molar-refractivity contribution in [2.75, 3.05) is 0 Å². The second kappa shape index (κ2) is 4.79. The summed E-state index contributed by atoms with van der Waals surface area (Å²) in [5.41, 5.74) is 0. The molecule has 0 fully saturated rings. The molecular weight excluding hydrogens is 208 g/mol. The fourth-order valence-electron chi connectivity index (χ4n) is 0.656. The smallest absolute Gasteiger partial charge is 0.151 e. The van der Waals surface area contributed by atoms with Gasteiger partial charge in [-0.05, 0) is 19.1 Å². The molecule has 1 aromatic heterocycles. The van der Waals surface area contributed by atoms with E-state index >= 15 is 0 Å². The Bertz CT molecular complexity index is 265. The predicted octanol–water partition coefficient (Wildman–Crippen LogP) is 1.99. The van der Waals surface area contributed by atoms with Gasteiger partial charge in [0.05, 0.1) is 6.10 Å². The van der Waals surface area contributed by atoms with Gasteiger partial charge in [0.2, 0.25) is 0 Å². The van der Waals surface area contributed by atoms with Crippen LogP contribution in [0.1, 0.15) is 13.8 Å². The monoisotopic (exact) mass is 218 g/mol. The molecule has 1 rings (SSSR count). The van der Waals surface area contributed by atoms with Crippen LogP contribution in [-0.2, 0) is 0 Å². The van der Waals surface area contributed by atoms with E-state index in [1.165, 1.54) is 11.8 Å². The fraction of sp³-hybridized carbons (Fsp3) is 0.500. The van der Waals surface area contributed by atoms with Crippen LogP contribution >= 0.6 is 23.4 Å². The molecule has 0 aliphatic carbocycles. The van der Waals surface area contributed by atoms with Crippen LogP contribution < -0.4 is 0 Å². The lowest BCUT2D eigenvalue weighted by Crippen LogP contribution is -2.15. The molecular formula is C8H11ClN2OS. The van der Waals surface area contributed by atoms with Gasteiger partial charge in [0.25, 0.3) is 0 Å². The van der Waals surface area contributed by atoms with Crippen LogP contribution in [0.3, 0.4) is 0 Å². The summed E-state index contributed by atoms with van der Waals surface area (Å²) < 4.78 is 0. The first-order chi connectivity index (χ1) is 6.09. The van der Waals surface area contributed by atoms with Crippen molar-refractivity contribution in [3.8, 4) is 0 Å². The zero-order valence-electron chi connectivity index (χ0n) is 7.44. The Morgan fingerprint density at radius 3 is 2.54 bits per heavy atom. The Labute approximate surface area is 86.5 Å². The largest absolute Gasteiger partial charge is 0.392 e. The lowest BCUT2D eigenvalue weighted by molar-refractivity contribution is 0.196. The highest BCUT2D eigenvalue weighted by Gasteiger charge is 2.11. The number of aliphatic hydroxyl groups excluding tert-OH is 1. The first-order valence-corrected chi connectivity index (χ1v) is 5.19. The Balaban J connectivity index is 2.59. The molecule has 3 nitrogen and oxygen atoms in total. The fourth-order valence-corrected chi connectivity index (χ4v) is 1.57. The number of halogens is 1. The second-order valence-corrected chi connectivity index (χ2v) is 4.54. The van der Waals surface area contributed by atoms with E-state index in [0.717, 1.165) is 5.03 Å². The minimum absolute atomic E-state index is 0.107. The number of thioether (sulfide) groups is 1. The molecule has 1 aromatic rings. The summed E-state index contributed by atoms with van der Waals surface area (Å²) in [6.07, 6.45) is -0.359. The van der Waals surface area contributed by atoms with E-state index in [1.54, 1.807) is 19.1 Å². The molecule has 0 amide bonds. The summed E-state index contributed by atoms with van der Waals surface area (Å²) in [6.45, 7) is 3.69. The summed E-state index contributed by atoms with van der Waals surface area (Å²) in [5.74, 6) is 0. The van der Waals surface area contributed by atoms with E-state index in [2.05, 4.69) is 10.2 Å². The van der Waals surface area contributed by atoms with Crippen LogP contribution in [0.4, 0.5) is 0 Å². The molecule has 0 aliphatic rings. The number of rotatable bonds is 3. The van der Waals surface area contributed by atoms with Crippen LogP contribution in [0.5, 0.6) is 0 Å². The lowest BCUT2D eigenvalue weighted by Gasteiger charge is -2.12. The highest BCUT2D eigenvalue weighted by atomic mass is 35.5. The van der Waals surface area contributed by atoms with Gasteiger partial charge in [-0.2, -0.15) is 0 Å². The van der Waals surface area contributed by atoms with Crippen molar-refractivity contribution in [2.24, 2.45) is 0 Å². The van der Waals surface area contributed by atoms with Crippen molar-refractivity contribution in [1.82, 2.24) is 10.2 Å². The summed E-state index contributed by atoms with van der Waals surface area (Å²) in [4.78, 5) is 0. The van der Waals surface area contributed by atoms with E-state index in [9.17, 15) is 5.11 Å². The molecule has 0 aromatic carbocycles. The van der Waals surface area contributed by atoms with Gasteiger partial charge in [0.15, 0.2) is 5.15 Å². The molecule has 2 atom stereocenters. The highest BCUT2D eigenvalue weighted by molar-refractivity contribution is 7.99. The van der Waals surface area contributed by atoms with Crippen molar-refractivity contribution < 1.29 is 5.11 Å². The van der Waals surface area contributed by atoms with Crippen LogP contribution in [0.15, 0.2) is 17.2 Å². The van der Waals surface area contributed by atoms with Crippen molar-refractivity contribution in [1.29, 1.82) is 0 Å².